The molecule has 0 saturated heterocycles. The summed E-state index contributed by atoms with van der Waals surface area (Å²) in [6.45, 7) is 0. The minimum Gasteiger partial charge on any atom is -0.353 e. The van der Waals surface area contributed by atoms with Crippen LogP contribution in [0.5, 0.6) is 0 Å². The van der Waals surface area contributed by atoms with Crippen molar-refractivity contribution in [3.05, 3.63) is 78.6 Å². The molecule has 5 rings (SSSR count). The zero-order valence-corrected chi connectivity index (χ0v) is 19.7. The summed E-state index contributed by atoms with van der Waals surface area (Å²) in [7, 11) is -0.0503. The van der Waals surface area contributed by atoms with Crippen LogP contribution >= 0.6 is 0 Å². The third kappa shape index (κ3) is 3.90. The van der Waals surface area contributed by atoms with E-state index in [0.717, 1.165) is 27.9 Å². The zero-order chi connectivity index (χ0) is 24.0. The monoisotopic (exact) mass is 473 g/mol. The maximum atomic E-state index is 12.9. The maximum absolute atomic E-state index is 12.9. The van der Waals surface area contributed by atoms with Crippen molar-refractivity contribution in [3.8, 4) is 22.3 Å². The van der Waals surface area contributed by atoms with Gasteiger partial charge >= 0.3 is 0 Å². The molecule has 4 aromatic rings. The van der Waals surface area contributed by atoms with E-state index in [9.17, 15) is 13.2 Å². The second-order valence-electron chi connectivity index (χ2n) is 8.25. The number of carbonyl (C=O) groups excluding carboxylic acids is 1. The van der Waals surface area contributed by atoms with Crippen molar-refractivity contribution in [1.82, 2.24) is 9.78 Å². The van der Waals surface area contributed by atoms with Crippen molar-refractivity contribution in [2.24, 2.45) is 7.05 Å². The predicted molar refractivity (Wildman–Crippen MR) is 135 cm³/mol. The number of aromatic nitrogens is 2. The van der Waals surface area contributed by atoms with Crippen molar-refractivity contribution < 1.29 is 13.2 Å². The van der Waals surface area contributed by atoms with Crippen LogP contribution < -0.4 is 14.9 Å². The van der Waals surface area contributed by atoms with Crippen LogP contribution in [0.3, 0.4) is 0 Å². The maximum Gasteiger partial charge on any atom is 0.257 e. The van der Waals surface area contributed by atoms with Gasteiger partial charge in [-0.25, -0.2) is 8.42 Å². The van der Waals surface area contributed by atoms with Crippen LogP contribution in [-0.4, -0.2) is 37.4 Å². The molecule has 1 aliphatic heterocycles. The van der Waals surface area contributed by atoms with Crippen molar-refractivity contribution >= 4 is 38.7 Å². The van der Waals surface area contributed by atoms with E-state index in [4.69, 9.17) is 0 Å². The molecule has 3 aromatic carbocycles. The molecule has 1 aromatic heterocycles. The molecule has 0 unspecified atom stereocenters. The number of hydrogen-bond acceptors (Lipinski definition) is 5. The van der Waals surface area contributed by atoms with E-state index in [1.54, 1.807) is 29.1 Å². The van der Waals surface area contributed by atoms with E-state index < -0.39 is 10.0 Å². The van der Waals surface area contributed by atoms with Gasteiger partial charge in [-0.1, -0.05) is 30.3 Å². The summed E-state index contributed by atoms with van der Waals surface area (Å²) in [6, 6.07) is 18.5. The lowest BCUT2D eigenvalue weighted by atomic mass is 10.00. The SMILES string of the molecule is CN(c1ccccc1-c1ccc2c(c1)Nc1cc(-c3cnn(C)c3)ccc1NC2=O)S(C)(=O)=O. The number of anilines is 4. The number of carbonyl (C=O) groups is 1. The summed E-state index contributed by atoms with van der Waals surface area (Å²) in [4.78, 5) is 12.9. The van der Waals surface area contributed by atoms with Gasteiger partial charge in [-0.05, 0) is 41.5 Å². The van der Waals surface area contributed by atoms with Gasteiger partial charge in [-0.15, -0.1) is 0 Å². The van der Waals surface area contributed by atoms with E-state index in [1.165, 1.54) is 17.6 Å². The first-order valence-corrected chi connectivity index (χ1v) is 12.4. The second-order valence-corrected chi connectivity index (χ2v) is 10.3. The third-order valence-corrected chi connectivity index (χ3v) is 7.08. The van der Waals surface area contributed by atoms with E-state index in [1.807, 2.05) is 55.7 Å². The molecule has 0 fully saturated rings. The Bertz CT molecular complexity index is 1540. The summed E-state index contributed by atoms with van der Waals surface area (Å²) < 4.78 is 27.3. The molecule has 8 nitrogen and oxygen atoms in total. The Balaban J connectivity index is 1.59. The highest BCUT2D eigenvalue weighted by molar-refractivity contribution is 7.92. The van der Waals surface area contributed by atoms with Gasteiger partial charge in [0, 0.05) is 31.4 Å². The number of fused-ring (bicyclic) bond motifs is 2. The molecule has 0 bridgehead atoms. The number of nitrogens with zero attached hydrogens (tertiary/aromatic N) is 3. The highest BCUT2D eigenvalue weighted by Gasteiger charge is 2.22. The molecule has 1 amide bonds. The van der Waals surface area contributed by atoms with Crippen LogP contribution in [0.1, 0.15) is 10.4 Å². The number of rotatable bonds is 4. The lowest BCUT2D eigenvalue weighted by Gasteiger charge is -2.21. The fraction of sp³-hybridized carbons (Fsp3) is 0.120. The van der Waals surface area contributed by atoms with Crippen LogP contribution in [0.2, 0.25) is 0 Å². The lowest BCUT2D eigenvalue weighted by Crippen LogP contribution is -2.25. The Labute approximate surface area is 197 Å². The van der Waals surface area contributed by atoms with E-state index >= 15 is 0 Å². The largest absolute Gasteiger partial charge is 0.353 e. The highest BCUT2D eigenvalue weighted by Crippen LogP contribution is 2.38. The average Bonchev–Trinajstić information content (AvgIpc) is 3.19. The van der Waals surface area contributed by atoms with Crippen LogP contribution in [0.15, 0.2) is 73.1 Å². The molecular formula is C25H23N5O3S. The summed E-state index contributed by atoms with van der Waals surface area (Å²) >= 11 is 0. The number of para-hydroxylation sites is 1. The topological polar surface area (TPSA) is 96.3 Å². The normalized spacial score (nSPS) is 12.7. The van der Waals surface area contributed by atoms with Gasteiger partial charge in [-0.3, -0.25) is 13.8 Å². The summed E-state index contributed by atoms with van der Waals surface area (Å²) in [5, 5.41) is 10.6. The molecule has 0 radical (unpaired) electrons. The number of amides is 1. The van der Waals surface area contributed by atoms with Gasteiger partial charge in [0.25, 0.3) is 5.91 Å². The minimum absolute atomic E-state index is 0.219. The Morgan fingerprint density at radius 3 is 2.32 bits per heavy atom. The fourth-order valence-corrected chi connectivity index (χ4v) is 4.54. The number of aryl methyl sites for hydroxylation is 1. The van der Waals surface area contributed by atoms with E-state index in [-0.39, 0.29) is 5.91 Å². The Morgan fingerprint density at radius 2 is 1.59 bits per heavy atom. The Kier molecular flexibility index (Phi) is 5.13. The van der Waals surface area contributed by atoms with Gasteiger partial charge < -0.3 is 10.6 Å². The van der Waals surface area contributed by atoms with Gasteiger partial charge in [0.15, 0.2) is 0 Å². The Morgan fingerprint density at radius 1 is 0.853 bits per heavy atom. The number of sulfonamides is 1. The van der Waals surface area contributed by atoms with Crippen molar-refractivity contribution in [1.29, 1.82) is 0 Å². The van der Waals surface area contributed by atoms with Gasteiger partial charge in [0.2, 0.25) is 10.0 Å². The molecule has 9 heteroatoms. The fourth-order valence-electron chi connectivity index (χ4n) is 4.03. The second kappa shape index (κ2) is 8.03. The summed E-state index contributed by atoms with van der Waals surface area (Å²) in [5.41, 5.74) is 6.58. The zero-order valence-electron chi connectivity index (χ0n) is 18.9. The smallest absolute Gasteiger partial charge is 0.257 e. The molecule has 2 heterocycles. The van der Waals surface area contributed by atoms with Crippen molar-refractivity contribution in [2.45, 2.75) is 0 Å². The molecular weight excluding hydrogens is 450 g/mol. The van der Waals surface area contributed by atoms with Crippen LogP contribution in [0.4, 0.5) is 22.7 Å². The van der Waals surface area contributed by atoms with Crippen LogP contribution in [0, 0.1) is 0 Å². The van der Waals surface area contributed by atoms with Crippen molar-refractivity contribution in [2.75, 3.05) is 28.2 Å². The third-order valence-electron chi connectivity index (χ3n) is 5.89. The Hall–Kier alpha value is -4.11. The molecule has 0 spiro atoms. The first kappa shape index (κ1) is 21.7. The number of hydrogen-bond donors (Lipinski definition) is 2. The van der Waals surface area contributed by atoms with Gasteiger partial charge in [-0.2, -0.15) is 5.10 Å². The molecule has 1 aliphatic rings. The first-order valence-electron chi connectivity index (χ1n) is 10.6. The molecule has 2 N–H and O–H groups in total. The van der Waals surface area contributed by atoms with E-state index in [2.05, 4.69) is 15.7 Å². The quantitative estimate of drug-likeness (QED) is 0.456. The molecule has 34 heavy (non-hydrogen) atoms. The summed E-state index contributed by atoms with van der Waals surface area (Å²) in [5.74, 6) is -0.219. The number of nitrogens with one attached hydrogen (secondary N) is 2. The van der Waals surface area contributed by atoms with E-state index in [0.29, 0.717) is 22.6 Å². The lowest BCUT2D eigenvalue weighted by molar-refractivity contribution is 0.102. The first-order chi connectivity index (χ1) is 16.2. The van der Waals surface area contributed by atoms with Crippen LogP contribution in [-0.2, 0) is 17.1 Å². The number of benzene rings is 3. The molecule has 0 atom stereocenters. The molecule has 172 valence electrons. The minimum atomic E-state index is -3.44. The highest BCUT2D eigenvalue weighted by atomic mass is 32.2. The molecule has 0 saturated carbocycles. The van der Waals surface area contributed by atoms with Crippen molar-refractivity contribution in [3.63, 3.8) is 0 Å². The standard InChI is InChI=1S/C25H23N5O3S/c1-29-15-18(14-26-29)16-9-11-21-23(12-16)27-22-13-17(8-10-20(22)25(31)28-21)19-6-4-5-7-24(19)30(2)34(3,32)33/h4-15,27H,1-3H3,(H,28,31). The average molecular weight is 474 g/mol. The van der Waals surface area contributed by atoms with Crippen LogP contribution in [0.25, 0.3) is 22.3 Å². The molecule has 0 aliphatic carbocycles. The predicted octanol–water partition coefficient (Wildman–Crippen LogP) is 4.46. The van der Waals surface area contributed by atoms with Gasteiger partial charge in [0.05, 0.1) is 40.8 Å². The summed E-state index contributed by atoms with van der Waals surface area (Å²) in [6.07, 6.45) is 4.89. The van der Waals surface area contributed by atoms with Gasteiger partial charge in [0.1, 0.15) is 0 Å².